The maximum absolute atomic E-state index is 2.60. The average molecular weight is 870 g/mol. The SMILES string of the molecule is CC1(C)c2ccccc2-c2ccc(-c3ccc(N(c4cccc5c4-c4ccccc4C54CCCCC4)c4ccc5c6c(cccc46)-c4cc(-c6ccccc6)c(-c6ccccc6)cc4-5)cc3)cc21. The highest BCUT2D eigenvalue weighted by Crippen LogP contribution is 2.60. The van der Waals surface area contributed by atoms with Crippen molar-refractivity contribution >= 4 is 27.8 Å². The Hall–Kier alpha value is -7.74. The minimum Gasteiger partial charge on any atom is -0.309 e. The van der Waals surface area contributed by atoms with Gasteiger partial charge in [-0.1, -0.05) is 203 Å². The van der Waals surface area contributed by atoms with Gasteiger partial charge in [0.1, 0.15) is 0 Å². The molecule has 1 saturated carbocycles. The van der Waals surface area contributed by atoms with Gasteiger partial charge in [-0.25, -0.2) is 0 Å². The fraction of sp³-hybridized carbons (Fsp3) is 0.134. The lowest BCUT2D eigenvalue weighted by molar-refractivity contribution is 0.353. The molecule has 10 aromatic carbocycles. The lowest BCUT2D eigenvalue weighted by atomic mass is 9.68. The summed E-state index contributed by atoms with van der Waals surface area (Å²) in [7, 11) is 0. The summed E-state index contributed by atoms with van der Waals surface area (Å²) in [4.78, 5) is 2.60. The normalized spacial score (nSPS) is 15.1. The number of benzene rings is 10. The van der Waals surface area contributed by atoms with Crippen molar-refractivity contribution in [3.63, 3.8) is 0 Å². The molecule has 4 aliphatic rings. The van der Waals surface area contributed by atoms with Crippen molar-refractivity contribution in [3.8, 4) is 77.9 Å². The third-order valence-electron chi connectivity index (χ3n) is 16.4. The van der Waals surface area contributed by atoms with E-state index in [-0.39, 0.29) is 10.8 Å². The minimum absolute atomic E-state index is 0.0489. The Bertz CT molecular complexity index is 3590. The summed E-state index contributed by atoms with van der Waals surface area (Å²) in [5, 5.41) is 2.59. The molecule has 0 bridgehead atoms. The third kappa shape index (κ3) is 5.63. The van der Waals surface area contributed by atoms with Crippen LogP contribution in [0.1, 0.15) is 68.2 Å². The first kappa shape index (κ1) is 39.4. The summed E-state index contributed by atoms with van der Waals surface area (Å²) >= 11 is 0. The maximum atomic E-state index is 2.60. The fourth-order valence-corrected chi connectivity index (χ4v) is 13.3. The van der Waals surface area contributed by atoms with E-state index in [0.717, 1.165) is 5.69 Å². The molecular formula is C67H51N. The zero-order valence-electron chi connectivity index (χ0n) is 38.7. The van der Waals surface area contributed by atoms with E-state index in [9.17, 15) is 0 Å². The molecule has 0 unspecified atom stereocenters. The highest BCUT2D eigenvalue weighted by molar-refractivity contribution is 6.20. The number of fused-ring (bicyclic) bond motifs is 11. The van der Waals surface area contributed by atoms with Gasteiger partial charge in [0.25, 0.3) is 0 Å². The van der Waals surface area contributed by atoms with Gasteiger partial charge < -0.3 is 4.90 Å². The Morgan fingerprint density at radius 3 is 1.62 bits per heavy atom. The summed E-state index contributed by atoms with van der Waals surface area (Å²) in [6, 6.07) is 80.6. The molecule has 1 spiro atoms. The molecule has 1 heteroatoms. The van der Waals surface area contributed by atoms with Crippen LogP contribution in [0.3, 0.4) is 0 Å². The van der Waals surface area contributed by atoms with Gasteiger partial charge in [-0.3, -0.25) is 0 Å². The number of hydrogen-bond acceptors (Lipinski definition) is 1. The number of hydrogen-bond donors (Lipinski definition) is 0. The zero-order chi connectivity index (χ0) is 45.1. The zero-order valence-corrected chi connectivity index (χ0v) is 38.7. The second-order valence-corrected chi connectivity index (χ2v) is 20.2. The molecule has 1 fully saturated rings. The van der Waals surface area contributed by atoms with Crippen LogP contribution in [0.4, 0.5) is 17.1 Å². The number of nitrogens with zero attached hydrogens (tertiary/aromatic N) is 1. The first-order valence-corrected chi connectivity index (χ1v) is 24.7. The molecule has 68 heavy (non-hydrogen) atoms. The van der Waals surface area contributed by atoms with Crippen LogP contribution in [0.5, 0.6) is 0 Å². The van der Waals surface area contributed by atoms with E-state index in [1.54, 1.807) is 0 Å². The minimum atomic E-state index is -0.0555. The fourth-order valence-electron chi connectivity index (χ4n) is 13.3. The summed E-state index contributed by atoms with van der Waals surface area (Å²) in [6.07, 6.45) is 6.25. The van der Waals surface area contributed by atoms with Crippen molar-refractivity contribution in [2.24, 2.45) is 0 Å². The van der Waals surface area contributed by atoms with Crippen molar-refractivity contribution < 1.29 is 0 Å². The Labute approximate surface area is 400 Å². The molecule has 324 valence electrons. The Morgan fingerprint density at radius 2 is 0.897 bits per heavy atom. The van der Waals surface area contributed by atoms with Gasteiger partial charge in [-0.2, -0.15) is 0 Å². The lowest BCUT2D eigenvalue weighted by Gasteiger charge is -2.36. The molecule has 0 aliphatic heterocycles. The molecular weight excluding hydrogens is 819 g/mol. The predicted molar refractivity (Wildman–Crippen MR) is 286 cm³/mol. The van der Waals surface area contributed by atoms with Gasteiger partial charge in [-0.05, 0) is 155 Å². The molecule has 4 aliphatic carbocycles. The standard InChI is InChI=1S/C67H51N/c1-66(2)58-26-12-10-22-48(58)49-35-32-46(40-61(49)66)43-30-33-47(34-31-43)68(63-29-17-28-60-65(63)52-23-11-13-27-59(52)67(60)38-14-5-15-39-67)62-37-36-51-57-42-55(45-20-8-4-9-21-45)54(44-18-6-3-7-19-44)41-56(57)50-24-16-25-53(62)64(50)51/h3-4,6-13,16-37,40-42H,5,14-15,38-39H2,1-2H3. The van der Waals surface area contributed by atoms with E-state index < -0.39 is 0 Å². The summed E-state index contributed by atoms with van der Waals surface area (Å²) < 4.78 is 0. The largest absolute Gasteiger partial charge is 0.309 e. The molecule has 0 amide bonds. The van der Waals surface area contributed by atoms with Gasteiger partial charge in [0, 0.05) is 27.5 Å². The molecule has 10 aromatic rings. The van der Waals surface area contributed by atoms with Crippen molar-refractivity contribution in [1.82, 2.24) is 0 Å². The van der Waals surface area contributed by atoms with Crippen LogP contribution in [0.25, 0.3) is 88.7 Å². The van der Waals surface area contributed by atoms with Crippen LogP contribution in [0.15, 0.2) is 212 Å². The molecule has 14 rings (SSSR count). The van der Waals surface area contributed by atoms with E-state index in [1.165, 1.54) is 154 Å². The monoisotopic (exact) mass is 869 g/mol. The van der Waals surface area contributed by atoms with Gasteiger partial charge in [0.15, 0.2) is 0 Å². The molecule has 1 nitrogen and oxygen atoms in total. The Balaban J connectivity index is 0.968. The maximum Gasteiger partial charge on any atom is 0.0543 e. The highest BCUT2D eigenvalue weighted by Gasteiger charge is 2.45. The van der Waals surface area contributed by atoms with E-state index in [4.69, 9.17) is 0 Å². The van der Waals surface area contributed by atoms with Crippen LogP contribution >= 0.6 is 0 Å². The Morgan fingerprint density at radius 1 is 0.338 bits per heavy atom. The average Bonchev–Trinajstić information content (AvgIpc) is 3.95. The van der Waals surface area contributed by atoms with Crippen molar-refractivity contribution in [3.05, 3.63) is 235 Å². The third-order valence-corrected chi connectivity index (χ3v) is 16.4. The van der Waals surface area contributed by atoms with Crippen LogP contribution in [-0.4, -0.2) is 0 Å². The molecule has 0 N–H and O–H groups in total. The second kappa shape index (κ2) is 14.9. The summed E-state index contributed by atoms with van der Waals surface area (Å²) in [6.45, 7) is 4.74. The highest BCUT2D eigenvalue weighted by atomic mass is 15.1. The lowest BCUT2D eigenvalue weighted by Crippen LogP contribution is -2.28. The summed E-state index contributed by atoms with van der Waals surface area (Å²) in [5.74, 6) is 0. The van der Waals surface area contributed by atoms with Crippen LogP contribution in [-0.2, 0) is 10.8 Å². The van der Waals surface area contributed by atoms with Crippen molar-refractivity contribution in [1.29, 1.82) is 0 Å². The molecule has 0 heterocycles. The van der Waals surface area contributed by atoms with E-state index in [1.807, 2.05) is 0 Å². The van der Waals surface area contributed by atoms with Crippen LogP contribution in [0, 0.1) is 0 Å². The first-order chi connectivity index (χ1) is 33.5. The van der Waals surface area contributed by atoms with Crippen molar-refractivity contribution in [2.45, 2.75) is 56.8 Å². The molecule has 0 radical (unpaired) electrons. The quantitative estimate of drug-likeness (QED) is 0.161. The molecule has 0 saturated heterocycles. The van der Waals surface area contributed by atoms with E-state index >= 15 is 0 Å². The van der Waals surface area contributed by atoms with Gasteiger partial charge >= 0.3 is 0 Å². The topological polar surface area (TPSA) is 3.24 Å². The van der Waals surface area contributed by atoms with Crippen LogP contribution < -0.4 is 4.90 Å². The predicted octanol–water partition coefficient (Wildman–Crippen LogP) is 18.5. The first-order valence-electron chi connectivity index (χ1n) is 24.7. The van der Waals surface area contributed by atoms with Crippen molar-refractivity contribution in [2.75, 3.05) is 4.90 Å². The van der Waals surface area contributed by atoms with Crippen LogP contribution in [0.2, 0.25) is 0 Å². The molecule has 0 aromatic heterocycles. The number of anilines is 3. The second-order valence-electron chi connectivity index (χ2n) is 20.2. The van der Waals surface area contributed by atoms with E-state index in [2.05, 4.69) is 231 Å². The smallest absolute Gasteiger partial charge is 0.0543 e. The van der Waals surface area contributed by atoms with Gasteiger partial charge in [-0.15, -0.1) is 0 Å². The Kier molecular flexibility index (Phi) is 8.63. The van der Waals surface area contributed by atoms with Gasteiger partial charge in [0.05, 0.1) is 11.4 Å². The van der Waals surface area contributed by atoms with E-state index in [0.29, 0.717) is 0 Å². The number of rotatable bonds is 6. The summed E-state index contributed by atoms with van der Waals surface area (Å²) in [5.41, 5.74) is 27.6. The molecule has 0 atom stereocenters. The van der Waals surface area contributed by atoms with Gasteiger partial charge in [0.2, 0.25) is 0 Å².